The van der Waals surface area contributed by atoms with Crippen LogP contribution >= 0.6 is 11.8 Å². The number of thioether (sulfide) groups is 1. The average Bonchev–Trinajstić information content (AvgIpc) is 2.39. The van der Waals surface area contributed by atoms with Crippen LogP contribution < -0.4 is 10.6 Å². The van der Waals surface area contributed by atoms with Crippen LogP contribution in [0.5, 0.6) is 0 Å². The fraction of sp³-hybridized carbons (Fsp3) is 0.583. The first-order valence-electron chi connectivity index (χ1n) is 5.82. The summed E-state index contributed by atoms with van der Waals surface area (Å²) in [7, 11) is 0. The molecule has 0 aliphatic carbocycles. The molecule has 0 atom stereocenters. The topological polar surface area (TPSA) is 82.0 Å². The molecule has 0 spiro atoms. The minimum Gasteiger partial charge on any atom is -0.352 e. The van der Waals surface area contributed by atoms with Gasteiger partial charge in [-0.3, -0.25) is 9.59 Å². The zero-order chi connectivity index (χ0) is 13.4. The monoisotopic (exact) mass is 267 g/mol. The van der Waals surface area contributed by atoms with Gasteiger partial charge >= 0.3 is 0 Å². The standard InChI is InChI=1S/C12H17N3O2S/c1-2-10(16)14-6-3-11(17)15-12(9-13)4-7-18-8-5-12/h2H,1,3-8H2,(H,14,16)(H,15,17). The summed E-state index contributed by atoms with van der Waals surface area (Å²) in [5, 5.41) is 14.5. The summed E-state index contributed by atoms with van der Waals surface area (Å²) >= 11 is 1.79. The third-order valence-corrected chi connectivity index (χ3v) is 3.76. The van der Waals surface area contributed by atoms with Crippen LogP contribution in [0.1, 0.15) is 19.3 Å². The molecule has 1 aliphatic heterocycles. The second-order valence-electron chi connectivity index (χ2n) is 4.10. The van der Waals surface area contributed by atoms with Gasteiger partial charge in [0.15, 0.2) is 0 Å². The van der Waals surface area contributed by atoms with Gasteiger partial charge in [0.25, 0.3) is 0 Å². The Balaban J connectivity index is 2.36. The SMILES string of the molecule is C=CC(=O)NCCC(=O)NC1(C#N)CCSCC1. The number of carbonyl (C=O) groups is 2. The lowest BCUT2D eigenvalue weighted by Crippen LogP contribution is -2.50. The number of nitrogens with one attached hydrogen (secondary N) is 2. The van der Waals surface area contributed by atoms with Crippen LogP contribution in [0, 0.1) is 11.3 Å². The number of nitrogens with zero attached hydrogens (tertiary/aromatic N) is 1. The predicted molar refractivity (Wildman–Crippen MR) is 70.9 cm³/mol. The van der Waals surface area contributed by atoms with E-state index >= 15 is 0 Å². The van der Waals surface area contributed by atoms with Crippen molar-refractivity contribution < 1.29 is 9.59 Å². The molecule has 1 saturated heterocycles. The third-order valence-electron chi connectivity index (χ3n) is 2.78. The van der Waals surface area contributed by atoms with Crippen LogP contribution in [0.4, 0.5) is 0 Å². The molecule has 0 aromatic rings. The first kappa shape index (κ1) is 14.6. The van der Waals surface area contributed by atoms with E-state index < -0.39 is 5.54 Å². The number of amides is 2. The van der Waals surface area contributed by atoms with Crippen molar-refractivity contribution in [2.24, 2.45) is 0 Å². The van der Waals surface area contributed by atoms with Crippen LogP contribution in [-0.4, -0.2) is 35.4 Å². The van der Waals surface area contributed by atoms with Crippen molar-refractivity contribution in [2.45, 2.75) is 24.8 Å². The Morgan fingerprint density at radius 3 is 2.67 bits per heavy atom. The molecule has 1 heterocycles. The summed E-state index contributed by atoms with van der Waals surface area (Å²) in [6, 6.07) is 2.21. The molecule has 0 aromatic carbocycles. The quantitative estimate of drug-likeness (QED) is 0.714. The summed E-state index contributed by atoms with van der Waals surface area (Å²) in [4.78, 5) is 22.6. The Labute approximate surface area is 111 Å². The highest BCUT2D eigenvalue weighted by atomic mass is 32.2. The van der Waals surface area contributed by atoms with Gasteiger partial charge < -0.3 is 10.6 Å². The first-order valence-corrected chi connectivity index (χ1v) is 6.98. The van der Waals surface area contributed by atoms with Crippen molar-refractivity contribution >= 4 is 23.6 Å². The van der Waals surface area contributed by atoms with Gasteiger partial charge in [-0.05, 0) is 30.4 Å². The van der Waals surface area contributed by atoms with E-state index in [1.807, 2.05) is 0 Å². The largest absolute Gasteiger partial charge is 0.352 e. The summed E-state index contributed by atoms with van der Waals surface area (Å²) in [6.07, 6.45) is 2.70. The lowest BCUT2D eigenvalue weighted by Gasteiger charge is -2.31. The molecule has 0 radical (unpaired) electrons. The summed E-state index contributed by atoms with van der Waals surface area (Å²) < 4.78 is 0. The van der Waals surface area contributed by atoms with Crippen molar-refractivity contribution in [1.29, 1.82) is 5.26 Å². The molecule has 5 nitrogen and oxygen atoms in total. The van der Waals surface area contributed by atoms with E-state index in [0.29, 0.717) is 12.8 Å². The fourth-order valence-corrected chi connectivity index (χ4v) is 2.88. The highest BCUT2D eigenvalue weighted by Crippen LogP contribution is 2.26. The smallest absolute Gasteiger partial charge is 0.243 e. The highest BCUT2D eigenvalue weighted by molar-refractivity contribution is 7.99. The van der Waals surface area contributed by atoms with Gasteiger partial charge in [0.1, 0.15) is 5.54 Å². The molecule has 0 saturated carbocycles. The van der Waals surface area contributed by atoms with Crippen molar-refractivity contribution in [3.05, 3.63) is 12.7 Å². The summed E-state index contributed by atoms with van der Waals surface area (Å²) in [5.41, 5.74) is -0.717. The number of carbonyl (C=O) groups excluding carboxylic acids is 2. The van der Waals surface area contributed by atoms with E-state index in [9.17, 15) is 14.9 Å². The van der Waals surface area contributed by atoms with Crippen molar-refractivity contribution in [1.82, 2.24) is 10.6 Å². The average molecular weight is 267 g/mol. The zero-order valence-corrected chi connectivity index (χ0v) is 11.0. The zero-order valence-electron chi connectivity index (χ0n) is 10.2. The van der Waals surface area contributed by atoms with E-state index in [2.05, 4.69) is 23.3 Å². The molecule has 6 heteroatoms. The van der Waals surface area contributed by atoms with E-state index in [1.165, 1.54) is 0 Å². The van der Waals surface area contributed by atoms with Crippen LogP contribution in [0.2, 0.25) is 0 Å². The molecule has 1 fully saturated rings. The van der Waals surface area contributed by atoms with Gasteiger partial charge in [-0.25, -0.2) is 0 Å². The number of hydrogen-bond donors (Lipinski definition) is 2. The number of nitriles is 1. The van der Waals surface area contributed by atoms with Crippen molar-refractivity contribution in [3.63, 3.8) is 0 Å². The minimum atomic E-state index is -0.717. The molecule has 0 unspecified atom stereocenters. The Hall–Kier alpha value is -1.48. The van der Waals surface area contributed by atoms with E-state index in [1.54, 1.807) is 11.8 Å². The van der Waals surface area contributed by atoms with Gasteiger partial charge in [0, 0.05) is 13.0 Å². The van der Waals surface area contributed by atoms with Gasteiger partial charge in [-0.2, -0.15) is 17.0 Å². The molecule has 1 rings (SSSR count). The highest BCUT2D eigenvalue weighted by Gasteiger charge is 2.33. The number of rotatable bonds is 5. The number of hydrogen-bond acceptors (Lipinski definition) is 4. The lowest BCUT2D eigenvalue weighted by atomic mass is 9.94. The predicted octanol–water partition coefficient (Wildman–Crippen LogP) is 0.584. The molecular weight excluding hydrogens is 250 g/mol. The molecule has 2 N–H and O–H groups in total. The maximum absolute atomic E-state index is 11.7. The molecule has 1 aliphatic rings. The maximum atomic E-state index is 11.7. The van der Waals surface area contributed by atoms with Crippen LogP contribution in [0.15, 0.2) is 12.7 Å². The van der Waals surface area contributed by atoms with Gasteiger partial charge in [0.2, 0.25) is 11.8 Å². The van der Waals surface area contributed by atoms with Crippen molar-refractivity contribution in [2.75, 3.05) is 18.1 Å². The third kappa shape index (κ3) is 4.41. The molecule has 0 bridgehead atoms. The van der Waals surface area contributed by atoms with Crippen LogP contribution in [0.25, 0.3) is 0 Å². The molecule has 2 amide bonds. The molecule has 98 valence electrons. The Morgan fingerprint density at radius 2 is 2.11 bits per heavy atom. The van der Waals surface area contributed by atoms with Gasteiger partial charge in [-0.15, -0.1) is 0 Å². The summed E-state index contributed by atoms with van der Waals surface area (Å²) in [5.74, 6) is 1.28. The second-order valence-corrected chi connectivity index (χ2v) is 5.32. The van der Waals surface area contributed by atoms with E-state index in [0.717, 1.165) is 17.6 Å². The van der Waals surface area contributed by atoms with E-state index in [4.69, 9.17) is 0 Å². The normalized spacial score (nSPS) is 17.3. The van der Waals surface area contributed by atoms with Gasteiger partial charge in [0.05, 0.1) is 6.07 Å². The molecule has 18 heavy (non-hydrogen) atoms. The Kier molecular flexibility index (Phi) is 5.72. The Bertz CT molecular complexity index is 370. The summed E-state index contributed by atoms with van der Waals surface area (Å²) in [6.45, 7) is 3.58. The molecular formula is C12H17N3O2S. The van der Waals surface area contributed by atoms with Crippen LogP contribution in [-0.2, 0) is 9.59 Å². The fourth-order valence-electron chi connectivity index (χ4n) is 1.69. The minimum absolute atomic E-state index is 0.177. The second kappa shape index (κ2) is 7.07. The van der Waals surface area contributed by atoms with E-state index in [-0.39, 0.29) is 24.8 Å². The lowest BCUT2D eigenvalue weighted by molar-refractivity contribution is -0.122. The first-order chi connectivity index (χ1) is 8.62. The molecule has 0 aromatic heterocycles. The van der Waals surface area contributed by atoms with Crippen LogP contribution in [0.3, 0.4) is 0 Å². The van der Waals surface area contributed by atoms with Gasteiger partial charge in [-0.1, -0.05) is 6.58 Å². The Morgan fingerprint density at radius 1 is 1.44 bits per heavy atom. The maximum Gasteiger partial charge on any atom is 0.243 e. The van der Waals surface area contributed by atoms with Crippen molar-refractivity contribution in [3.8, 4) is 6.07 Å².